The van der Waals surface area contributed by atoms with Gasteiger partial charge in [-0.1, -0.05) is 56.4 Å². The largest absolute Gasteiger partial charge is 0.507 e. The number of rotatable bonds is 13. The van der Waals surface area contributed by atoms with E-state index in [1.54, 1.807) is 6.08 Å². The van der Waals surface area contributed by atoms with E-state index in [0.29, 0.717) is 18.8 Å². The van der Waals surface area contributed by atoms with Gasteiger partial charge in [0.05, 0.1) is 19.3 Å². The molecule has 0 aliphatic carbocycles. The summed E-state index contributed by atoms with van der Waals surface area (Å²) in [6, 6.07) is 11.4. The van der Waals surface area contributed by atoms with Crippen molar-refractivity contribution >= 4 is 0 Å². The summed E-state index contributed by atoms with van der Waals surface area (Å²) in [5, 5.41) is 11.0. The Hall–Kier alpha value is -2.98. The van der Waals surface area contributed by atoms with Crippen LogP contribution in [0.1, 0.15) is 55.8 Å². The molecule has 32 heavy (non-hydrogen) atoms. The van der Waals surface area contributed by atoms with E-state index in [1.165, 1.54) is 5.56 Å². The second-order valence-corrected chi connectivity index (χ2v) is 7.83. The number of aryl methyl sites for hydroxylation is 1. The summed E-state index contributed by atoms with van der Waals surface area (Å²) >= 11 is 0. The maximum Gasteiger partial charge on any atom is 0.127 e. The molecule has 0 radical (unpaired) electrons. The van der Waals surface area contributed by atoms with Gasteiger partial charge in [-0.3, -0.25) is 0 Å². The van der Waals surface area contributed by atoms with Crippen molar-refractivity contribution in [2.24, 2.45) is 5.73 Å². The highest BCUT2D eigenvalue weighted by molar-refractivity contribution is 5.53. The lowest BCUT2D eigenvalue weighted by Crippen LogP contribution is -2.13. The predicted molar refractivity (Wildman–Crippen MR) is 134 cm³/mol. The Morgan fingerprint density at radius 3 is 2.56 bits per heavy atom. The lowest BCUT2D eigenvalue weighted by Gasteiger charge is -2.20. The number of hydrogen-bond acceptors (Lipinski definition) is 4. The lowest BCUT2D eigenvalue weighted by atomic mass is 9.94. The monoisotopic (exact) mass is 435 g/mol. The van der Waals surface area contributed by atoms with Gasteiger partial charge in [0.1, 0.15) is 17.2 Å². The van der Waals surface area contributed by atoms with Gasteiger partial charge in [0, 0.05) is 11.1 Å². The minimum absolute atomic E-state index is 0.221. The van der Waals surface area contributed by atoms with Gasteiger partial charge in [-0.2, -0.15) is 0 Å². The molecule has 0 spiro atoms. The quantitative estimate of drug-likeness (QED) is 0.275. The van der Waals surface area contributed by atoms with Crippen molar-refractivity contribution in [1.29, 1.82) is 0 Å². The molecule has 172 valence electrons. The Labute approximate surface area is 193 Å². The van der Waals surface area contributed by atoms with Gasteiger partial charge in [0.2, 0.25) is 0 Å². The van der Waals surface area contributed by atoms with E-state index in [4.69, 9.17) is 15.2 Å². The van der Waals surface area contributed by atoms with Crippen LogP contribution < -0.4 is 15.2 Å². The van der Waals surface area contributed by atoms with Crippen LogP contribution in [0, 0.1) is 6.92 Å². The zero-order valence-electron chi connectivity index (χ0n) is 19.6. The van der Waals surface area contributed by atoms with Crippen LogP contribution in [-0.2, 0) is 6.42 Å². The minimum atomic E-state index is -0.437. The summed E-state index contributed by atoms with van der Waals surface area (Å²) < 4.78 is 11.8. The normalized spacial score (nSPS) is 12.7. The third kappa shape index (κ3) is 7.31. The van der Waals surface area contributed by atoms with Crippen LogP contribution in [0.15, 0.2) is 72.9 Å². The van der Waals surface area contributed by atoms with Crippen molar-refractivity contribution in [2.75, 3.05) is 13.2 Å². The van der Waals surface area contributed by atoms with Crippen LogP contribution in [0.2, 0.25) is 0 Å². The van der Waals surface area contributed by atoms with E-state index in [0.717, 1.165) is 48.3 Å². The van der Waals surface area contributed by atoms with Crippen molar-refractivity contribution in [2.45, 2.75) is 52.5 Å². The average Bonchev–Trinajstić information content (AvgIpc) is 2.78. The number of phenols is 1. The van der Waals surface area contributed by atoms with Gasteiger partial charge in [-0.05, 0) is 68.5 Å². The number of unbranched alkanes of at least 4 members (excludes halogenated alkanes) is 1. The van der Waals surface area contributed by atoms with E-state index >= 15 is 0 Å². The first kappa shape index (κ1) is 25.3. The molecule has 0 saturated carbocycles. The molecular weight excluding hydrogens is 398 g/mol. The number of aromatic hydroxyl groups is 1. The number of hydrogen-bond donors (Lipinski definition) is 2. The summed E-state index contributed by atoms with van der Waals surface area (Å²) in [4.78, 5) is 0. The van der Waals surface area contributed by atoms with Gasteiger partial charge >= 0.3 is 0 Å². The third-order valence-corrected chi connectivity index (χ3v) is 5.19. The molecule has 1 unspecified atom stereocenters. The Kier molecular flexibility index (Phi) is 10.6. The van der Waals surface area contributed by atoms with Crippen LogP contribution in [0.25, 0.3) is 0 Å². The highest BCUT2D eigenvalue weighted by Crippen LogP contribution is 2.37. The van der Waals surface area contributed by atoms with Crippen molar-refractivity contribution in [3.05, 3.63) is 89.5 Å². The van der Waals surface area contributed by atoms with Crippen LogP contribution in [-0.4, -0.2) is 18.3 Å². The van der Waals surface area contributed by atoms with Crippen LogP contribution >= 0.6 is 0 Å². The topological polar surface area (TPSA) is 64.7 Å². The van der Waals surface area contributed by atoms with Gasteiger partial charge < -0.3 is 20.3 Å². The second-order valence-electron chi connectivity index (χ2n) is 7.83. The van der Waals surface area contributed by atoms with Gasteiger partial charge in [0.15, 0.2) is 0 Å². The van der Waals surface area contributed by atoms with Crippen molar-refractivity contribution in [1.82, 2.24) is 0 Å². The molecule has 0 bridgehead atoms. The molecule has 0 amide bonds. The van der Waals surface area contributed by atoms with Gasteiger partial charge in [-0.15, -0.1) is 0 Å². The second kappa shape index (κ2) is 13.4. The molecular formula is C28H37NO3. The first-order valence-electron chi connectivity index (χ1n) is 11.4. The zero-order valence-corrected chi connectivity index (χ0v) is 19.6. The number of phenolic OH excluding ortho intramolecular Hbond substituents is 1. The van der Waals surface area contributed by atoms with Gasteiger partial charge in [0.25, 0.3) is 0 Å². The first-order valence-corrected chi connectivity index (χ1v) is 11.4. The van der Waals surface area contributed by atoms with Crippen LogP contribution in [0.5, 0.6) is 17.2 Å². The molecule has 4 heteroatoms. The molecule has 2 aromatic carbocycles. The van der Waals surface area contributed by atoms with Crippen molar-refractivity contribution < 1.29 is 14.6 Å². The summed E-state index contributed by atoms with van der Waals surface area (Å²) in [6.45, 7) is 11.1. The van der Waals surface area contributed by atoms with Crippen molar-refractivity contribution in [3.8, 4) is 17.2 Å². The summed E-state index contributed by atoms with van der Waals surface area (Å²) in [7, 11) is 0. The molecule has 4 nitrogen and oxygen atoms in total. The summed E-state index contributed by atoms with van der Waals surface area (Å²) in [5.41, 5.74) is 10.0. The minimum Gasteiger partial charge on any atom is -0.507 e. The van der Waals surface area contributed by atoms with E-state index in [1.807, 2.05) is 55.5 Å². The molecule has 0 fully saturated rings. The Morgan fingerprint density at radius 2 is 1.91 bits per heavy atom. The number of allylic oxidation sites excluding steroid dienone is 3. The number of nitrogens with two attached hydrogens (primary N) is 1. The molecule has 3 N–H and O–H groups in total. The Bertz CT molecular complexity index is 930. The standard InChI is InChI=1S/C28H37NO3/c1-5-11-22(12-6-2)27(29)25-16-17-26(24(13-7-3)28(25)30)32-19-9-8-18-31-23-15-10-14-21(4)20-23/h5-6,10-12,14-17,20,27,30H,1,7-9,13,18-19,29H2,2-4H3/b12-6-,22-11+. The molecule has 0 saturated heterocycles. The SMILES string of the molecule is C=C/C=C(\C=C/C)C(N)c1ccc(OCCCCOc2cccc(C)c2)c(CCC)c1O. The highest BCUT2D eigenvalue weighted by Gasteiger charge is 2.19. The summed E-state index contributed by atoms with van der Waals surface area (Å²) in [5.74, 6) is 1.84. The predicted octanol–water partition coefficient (Wildman–Crippen LogP) is 6.58. The smallest absolute Gasteiger partial charge is 0.127 e. The maximum absolute atomic E-state index is 11.0. The fourth-order valence-electron chi connectivity index (χ4n) is 3.57. The summed E-state index contributed by atoms with van der Waals surface area (Å²) in [6.07, 6.45) is 10.8. The van der Waals surface area contributed by atoms with E-state index in [2.05, 4.69) is 26.5 Å². The number of ether oxygens (including phenoxy) is 2. The molecule has 0 aliphatic rings. The molecule has 0 heterocycles. The third-order valence-electron chi connectivity index (χ3n) is 5.19. The van der Waals surface area contributed by atoms with Gasteiger partial charge in [-0.25, -0.2) is 0 Å². The average molecular weight is 436 g/mol. The van der Waals surface area contributed by atoms with E-state index in [-0.39, 0.29) is 5.75 Å². The fraction of sp³-hybridized carbons (Fsp3) is 0.357. The Balaban J connectivity index is 2.00. The molecule has 0 aromatic heterocycles. The molecule has 1 atom stereocenters. The van der Waals surface area contributed by atoms with Crippen LogP contribution in [0.4, 0.5) is 0 Å². The first-order chi connectivity index (χ1) is 15.5. The highest BCUT2D eigenvalue weighted by atomic mass is 16.5. The van der Waals surface area contributed by atoms with Crippen molar-refractivity contribution in [3.63, 3.8) is 0 Å². The number of benzene rings is 2. The fourth-order valence-corrected chi connectivity index (χ4v) is 3.57. The maximum atomic E-state index is 11.0. The van der Waals surface area contributed by atoms with Crippen LogP contribution in [0.3, 0.4) is 0 Å². The molecule has 0 aliphatic heterocycles. The molecule has 2 rings (SSSR count). The molecule has 2 aromatic rings. The van der Waals surface area contributed by atoms with E-state index < -0.39 is 6.04 Å². The Morgan fingerprint density at radius 1 is 1.16 bits per heavy atom. The zero-order chi connectivity index (χ0) is 23.3. The van der Waals surface area contributed by atoms with E-state index in [9.17, 15) is 5.11 Å². The lowest BCUT2D eigenvalue weighted by molar-refractivity contribution is 0.264.